The minimum absolute atomic E-state index is 0.131. The van der Waals surface area contributed by atoms with Crippen LogP contribution in [0.3, 0.4) is 0 Å². The van der Waals surface area contributed by atoms with E-state index in [-0.39, 0.29) is 10.6 Å². The summed E-state index contributed by atoms with van der Waals surface area (Å²) >= 11 is 0. The monoisotopic (exact) mass is 342 g/mol. The molecule has 0 aliphatic heterocycles. The average Bonchev–Trinajstić information content (AvgIpc) is 2.48. The van der Waals surface area contributed by atoms with Gasteiger partial charge in [-0.1, -0.05) is 36.4 Å². The van der Waals surface area contributed by atoms with Gasteiger partial charge in [0.05, 0.1) is 4.90 Å². The minimum Gasteiger partial charge on any atom is -0.335 e. The van der Waals surface area contributed by atoms with E-state index in [0.717, 1.165) is 0 Å². The van der Waals surface area contributed by atoms with Crippen LogP contribution >= 0.6 is 0 Å². The lowest BCUT2D eigenvalue weighted by molar-refractivity contribution is -0.0585. The topological polar surface area (TPSA) is 58.5 Å². The summed E-state index contributed by atoms with van der Waals surface area (Å²) in [6.45, 7) is 1.60. The van der Waals surface area contributed by atoms with Crippen molar-refractivity contribution >= 4 is 21.5 Å². The van der Waals surface area contributed by atoms with Crippen molar-refractivity contribution in [2.24, 2.45) is 4.40 Å². The van der Waals surface area contributed by atoms with E-state index in [2.05, 4.69) is 9.71 Å². The molecule has 0 saturated carbocycles. The van der Waals surface area contributed by atoms with E-state index in [9.17, 15) is 21.6 Å². The summed E-state index contributed by atoms with van der Waals surface area (Å²) in [6, 6.07) is 12.9. The highest BCUT2D eigenvalue weighted by Crippen LogP contribution is 2.24. The first-order valence-corrected chi connectivity index (χ1v) is 7.94. The molecule has 0 amide bonds. The number of nitrogens with one attached hydrogen (secondary N) is 1. The molecule has 0 aliphatic rings. The Hall–Kier alpha value is -2.35. The highest BCUT2D eigenvalue weighted by atomic mass is 32.2. The number of anilines is 1. The van der Waals surface area contributed by atoms with Crippen LogP contribution < -0.4 is 5.32 Å². The maximum Gasteiger partial charge on any atom is 0.450 e. The number of rotatable bonds is 3. The van der Waals surface area contributed by atoms with Crippen molar-refractivity contribution in [3.05, 3.63) is 60.2 Å². The molecular weight excluding hydrogens is 329 g/mol. The van der Waals surface area contributed by atoms with Crippen LogP contribution in [-0.4, -0.2) is 20.4 Å². The molecule has 2 aromatic carbocycles. The maximum atomic E-state index is 13.1. The minimum atomic E-state index is -4.94. The zero-order chi connectivity index (χ0) is 17.1. The molecule has 122 valence electrons. The van der Waals surface area contributed by atoms with Gasteiger partial charge in [0.1, 0.15) is 0 Å². The standard InChI is InChI=1S/C15H13F3N2O2S/c1-11-7-5-6-10-13(11)19-14(15(16,17)18)20-23(21,22)12-8-3-2-4-9-12/h2-10H,1H3,(H,19,20). The predicted octanol–water partition coefficient (Wildman–Crippen LogP) is 3.76. The molecular formula is C15H13F3N2O2S. The number of aryl methyl sites for hydroxylation is 1. The van der Waals surface area contributed by atoms with Crippen molar-refractivity contribution < 1.29 is 21.6 Å². The summed E-state index contributed by atoms with van der Waals surface area (Å²) < 4.78 is 66.4. The Bertz CT molecular complexity index is 816. The van der Waals surface area contributed by atoms with Crippen molar-refractivity contribution in [2.45, 2.75) is 18.0 Å². The fourth-order valence-electron chi connectivity index (χ4n) is 1.75. The number of halogens is 3. The lowest BCUT2D eigenvalue weighted by atomic mass is 10.2. The number of hydrogen-bond donors (Lipinski definition) is 1. The second-order valence-corrected chi connectivity index (χ2v) is 6.27. The first-order chi connectivity index (χ1) is 10.7. The van der Waals surface area contributed by atoms with Crippen LogP contribution in [0.5, 0.6) is 0 Å². The second kappa shape index (κ2) is 6.41. The van der Waals surface area contributed by atoms with E-state index in [0.29, 0.717) is 5.56 Å². The largest absolute Gasteiger partial charge is 0.450 e. The van der Waals surface area contributed by atoms with Gasteiger partial charge in [0.2, 0.25) is 5.84 Å². The first-order valence-electron chi connectivity index (χ1n) is 6.50. The molecule has 0 bridgehead atoms. The van der Waals surface area contributed by atoms with Crippen molar-refractivity contribution in [2.75, 3.05) is 5.32 Å². The fourth-order valence-corrected chi connectivity index (χ4v) is 2.75. The summed E-state index contributed by atoms with van der Waals surface area (Å²) in [7, 11) is -4.47. The van der Waals surface area contributed by atoms with E-state index >= 15 is 0 Å². The average molecular weight is 342 g/mol. The Kier molecular flexibility index (Phi) is 4.74. The highest BCUT2D eigenvalue weighted by molar-refractivity contribution is 7.90. The van der Waals surface area contributed by atoms with Crippen LogP contribution in [0.25, 0.3) is 0 Å². The lowest BCUT2D eigenvalue weighted by Gasteiger charge is -2.14. The molecule has 2 aromatic rings. The predicted molar refractivity (Wildman–Crippen MR) is 81.9 cm³/mol. The smallest absolute Gasteiger partial charge is 0.335 e. The molecule has 0 aliphatic carbocycles. The first kappa shape index (κ1) is 17.0. The molecule has 0 fully saturated rings. The Balaban J connectivity index is 2.46. The van der Waals surface area contributed by atoms with Gasteiger partial charge in [0, 0.05) is 5.69 Å². The molecule has 0 radical (unpaired) electrons. The number of amidine groups is 1. The zero-order valence-corrected chi connectivity index (χ0v) is 12.8. The molecule has 2 rings (SSSR count). The van der Waals surface area contributed by atoms with Crippen LogP contribution in [0.4, 0.5) is 18.9 Å². The van der Waals surface area contributed by atoms with Gasteiger partial charge in [-0.05, 0) is 30.7 Å². The summed E-state index contributed by atoms with van der Waals surface area (Å²) in [5, 5.41) is 2.06. The summed E-state index contributed by atoms with van der Waals surface area (Å²) in [5.41, 5.74) is 0.661. The van der Waals surface area contributed by atoms with Crippen molar-refractivity contribution in [1.29, 1.82) is 0 Å². The Labute approximate surface area is 131 Å². The van der Waals surface area contributed by atoms with Gasteiger partial charge in [-0.3, -0.25) is 0 Å². The molecule has 0 spiro atoms. The van der Waals surface area contributed by atoms with Gasteiger partial charge >= 0.3 is 6.18 Å². The SMILES string of the molecule is Cc1ccccc1N/C(=N\S(=O)(=O)c1ccccc1)C(F)(F)F. The van der Waals surface area contributed by atoms with Crippen molar-refractivity contribution in [3.63, 3.8) is 0 Å². The van der Waals surface area contributed by atoms with Gasteiger partial charge in [-0.2, -0.15) is 21.6 Å². The number of alkyl halides is 3. The second-order valence-electron chi connectivity index (χ2n) is 4.67. The van der Waals surface area contributed by atoms with Crippen LogP contribution in [0.15, 0.2) is 63.9 Å². The maximum absolute atomic E-state index is 13.1. The van der Waals surface area contributed by atoms with E-state index in [1.54, 1.807) is 25.1 Å². The Morgan fingerprint density at radius 1 is 1.00 bits per heavy atom. The number of nitrogens with zero attached hydrogens (tertiary/aromatic N) is 1. The quantitative estimate of drug-likeness (QED) is 0.682. The van der Waals surface area contributed by atoms with Crippen LogP contribution in [0.2, 0.25) is 0 Å². The van der Waals surface area contributed by atoms with Gasteiger partial charge in [0.15, 0.2) is 0 Å². The molecule has 0 aromatic heterocycles. The molecule has 1 N–H and O–H groups in total. The fraction of sp³-hybridized carbons (Fsp3) is 0.133. The Morgan fingerprint density at radius 3 is 2.13 bits per heavy atom. The molecule has 23 heavy (non-hydrogen) atoms. The summed E-state index contributed by atoms with van der Waals surface area (Å²) in [6.07, 6.45) is -4.94. The van der Waals surface area contributed by atoms with Gasteiger partial charge in [0.25, 0.3) is 10.0 Å². The molecule has 0 unspecified atom stereocenters. The van der Waals surface area contributed by atoms with Gasteiger partial charge < -0.3 is 5.32 Å². The molecule has 0 saturated heterocycles. The van der Waals surface area contributed by atoms with E-state index in [4.69, 9.17) is 0 Å². The molecule has 0 atom stereocenters. The van der Waals surface area contributed by atoms with Crippen molar-refractivity contribution in [3.8, 4) is 0 Å². The van der Waals surface area contributed by atoms with Crippen LogP contribution in [0.1, 0.15) is 5.56 Å². The normalized spacial score (nSPS) is 13.0. The molecule has 0 heterocycles. The summed E-state index contributed by atoms with van der Waals surface area (Å²) in [5.74, 6) is -1.59. The zero-order valence-electron chi connectivity index (χ0n) is 12.0. The third-order valence-electron chi connectivity index (χ3n) is 2.92. The summed E-state index contributed by atoms with van der Waals surface area (Å²) in [4.78, 5) is -0.312. The van der Waals surface area contributed by atoms with Crippen LogP contribution in [0, 0.1) is 6.92 Å². The highest BCUT2D eigenvalue weighted by Gasteiger charge is 2.38. The van der Waals surface area contributed by atoms with Crippen LogP contribution in [-0.2, 0) is 10.0 Å². The third-order valence-corrected chi connectivity index (χ3v) is 4.21. The van der Waals surface area contributed by atoms with E-state index < -0.39 is 22.0 Å². The van der Waals surface area contributed by atoms with Gasteiger partial charge in [-0.15, -0.1) is 4.40 Å². The third kappa shape index (κ3) is 4.32. The Morgan fingerprint density at radius 2 is 1.57 bits per heavy atom. The van der Waals surface area contributed by atoms with Gasteiger partial charge in [-0.25, -0.2) is 0 Å². The lowest BCUT2D eigenvalue weighted by Crippen LogP contribution is -2.31. The van der Waals surface area contributed by atoms with E-state index in [1.807, 2.05) is 0 Å². The van der Waals surface area contributed by atoms with Crippen molar-refractivity contribution in [1.82, 2.24) is 0 Å². The number of para-hydroxylation sites is 1. The van der Waals surface area contributed by atoms with E-state index in [1.165, 1.54) is 36.4 Å². The number of benzene rings is 2. The number of sulfonamides is 1. The number of hydrogen-bond acceptors (Lipinski definition) is 2. The molecule has 4 nitrogen and oxygen atoms in total. The molecule has 8 heteroatoms.